The number of H-pyrrole nitrogens is 1. The number of halogens is 1. The lowest BCUT2D eigenvalue weighted by molar-refractivity contribution is 0.0272. The topological polar surface area (TPSA) is 45.3 Å². The molecule has 4 rings (SSSR count). The molecule has 140 valence electrons. The molecule has 0 unspecified atom stereocenters. The van der Waals surface area contributed by atoms with E-state index in [1.165, 1.54) is 12.1 Å². The molecule has 2 aromatic carbocycles. The van der Waals surface area contributed by atoms with Crippen LogP contribution in [0.25, 0.3) is 10.8 Å². The lowest BCUT2D eigenvalue weighted by atomic mass is 10.0. The van der Waals surface area contributed by atoms with Crippen molar-refractivity contribution in [3.8, 4) is 0 Å². The highest BCUT2D eigenvalue weighted by atomic mass is 19.1. The molecule has 3 aromatic rings. The fraction of sp³-hybridized carbons (Fsp3) is 0.318. The molecule has 1 aromatic heterocycles. The molecule has 2 heterocycles. The minimum atomic E-state index is -0.227. The summed E-state index contributed by atoms with van der Waals surface area (Å²) in [7, 11) is 0. The highest BCUT2D eigenvalue weighted by Crippen LogP contribution is 2.21. The van der Waals surface area contributed by atoms with E-state index in [0.29, 0.717) is 24.5 Å². The summed E-state index contributed by atoms with van der Waals surface area (Å²) in [5.41, 5.74) is 1.90. The summed E-state index contributed by atoms with van der Waals surface area (Å²) in [4.78, 5) is 17.8. The van der Waals surface area contributed by atoms with E-state index in [-0.39, 0.29) is 11.4 Å². The lowest BCUT2D eigenvalue weighted by Gasteiger charge is -2.34. The van der Waals surface area contributed by atoms with Gasteiger partial charge in [-0.3, -0.25) is 9.69 Å². The third kappa shape index (κ3) is 4.26. The van der Waals surface area contributed by atoms with Gasteiger partial charge in [0.1, 0.15) is 5.82 Å². The number of aromatic nitrogens is 1. The second kappa shape index (κ2) is 8.03. The molecule has 0 saturated carbocycles. The Bertz CT molecular complexity index is 962. The van der Waals surface area contributed by atoms with Crippen LogP contribution in [0.3, 0.4) is 0 Å². The monoisotopic (exact) mass is 366 g/mol. The smallest absolute Gasteiger partial charge is 0.256 e. The van der Waals surface area contributed by atoms with Crippen molar-refractivity contribution in [2.45, 2.75) is 32.0 Å². The Morgan fingerprint density at radius 3 is 2.56 bits per heavy atom. The fourth-order valence-corrected chi connectivity index (χ4v) is 3.76. The average molecular weight is 366 g/mol. The number of ether oxygens (including phenoxy) is 1. The van der Waals surface area contributed by atoms with Gasteiger partial charge in [0.15, 0.2) is 0 Å². The highest BCUT2D eigenvalue weighted by molar-refractivity contribution is 5.81. The summed E-state index contributed by atoms with van der Waals surface area (Å²) in [6, 6.07) is 16.7. The lowest BCUT2D eigenvalue weighted by Crippen LogP contribution is -2.39. The number of fused-ring (bicyclic) bond motifs is 1. The van der Waals surface area contributed by atoms with E-state index in [1.54, 1.807) is 0 Å². The van der Waals surface area contributed by atoms with Crippen molar-refractivity contribution in [2.24, 2.45) is 0 Å². The normalized spacial score (nSPS) is 15.5. The van der Waals surface area contributed by atoms with Gasteiger partial charge >= 0.3 is 0 Å². The second-order valence-electron chi connectivity index (χ2n) is 7.09. The van der Waals surface area contributed by atoms with Crippen molar-refractivity contribution < 1.29 is 9.13 Å². The minimum Gasteiger partial charge on any atom is -0.381 e. The van der Waals surface area contributed by atoms with Gasteiger partial charge in [0.25, 0.3) is 5.56 Å². The van der Waals surface area contributed by atoms with Gasteiger partial charge in [0.2, 0.25) is 0 Å². The SMILES string of the molecule is O=c1[nH]c(CN(Cc2ccc(F)cc2)C2CCOCC2)cc2ccccc12. The van der Waals surface area contributed by atoms with Crippen molar-refractivity contribution >= 4 is 10.8 Å². The fourth-order valence-electron chi connectivity index (χ4n) is 3.76. The van der Waals surface area contributed by atoms with Crippen LogP contribution in [-0.4, -0.2) is 29.1 Å². The largest absolute Gasteiger partial charge is 0.381 e. The maximum atomic E-state index is 13.2. The molecule has 1 aliphatic heterocycles. The molecule has 5 heteroatoms. The third-order valence-electron chi connectivity index (χ3n) is 5.19. The molecular weight excluding hydrogens is 343 g/mol. The van der Waals surface area contributed by atoms with Crippen LogP contribution < -0.4 is 5.56 Å². The van der Waals surface area contributed by atoms with Crippen LogP contribution in [0.1, 0.15) is 24.1 Å². The first-order valence-corrected chi connectivity index (χ1v) is 9.36. The zero-order valence-electron chi connectivity index (χ0n) is 15.2. The number of rotatable bonds is 5. The van der Waals surface area contributed by atoms with Gasteiger partial charge < -0.3 is 9.72 Å². The zero-order valence-corrected chi connectivity index (χ0v) is 15.2. The molecule has 0 spiro atoms. The van der Waals surface area contributed by atoms with Crippen LogP contribution >= 0.6 is 0 Å². The zero-order chi connectivity index (χ0) is 18.6. The Morgan fingerprint density at radius 1 is 1.04 bits per heavy atom. The highest BCUT2D eigenvalue weighted by Gasteiger charge is 2.22. The molecule has 27 heavy (non-hydrogen) atoms. The number of hydrogen-bond donors (Lipinski definition) is 1. The number of benzene rings is 2. The third-order valence-corrected chi connectivity index (χ3v) is 5.19. The molecule has 0 bridgehead atoms. The Kier molecular flexibility index (Phi) is 5.32. The number of aromatic amines is 1. The molecule has 1 aliphatic rings. The van der Waals surface area contributed by atoms with Crippen LogP contribution in [0.15, 0.2) is 59.4 Å². The predicted molar refractivity (Wildman–Crippen MR) is 104 cm³/mol. The van der Waals surface area contributed by atoms with Crippen LogP contribution in [0.5, 0.6) is 0 Å². The van der Waals surface area contributed by atoms with Gasteiger partial charge in [0, 0.05) is 43.4 Å². The number of nitrogens with zero attached hydrogens (tertiary/aromatic N) is 1. The summed E-state index contributed by atoms with van der Waals surface area (Å²) < 4.78 is 18.8. The number of nitrogens with one attached hydrogen (secondary N) is 1. The van der Waals surface area contributed by atoms with Gasteiger partial charge in [-0.15, -0.1) is 0 Å². The van der Waals surface area contributed by atoms with Crippen molar-refractivity contribution in [1.82, 2.24) is 9.88 Å². The predicted octanol–water partition coefficient (Wildman–Crippen LogP) is 3.85. The van der Waals surface area contributed by atoms with E-state index in [9.17, 15) is 9.18 Å². The first kappa shape index (κ1) is 17.9. The summed E-state index contributed by atoms with van der Waals surface area (Å²) in [5, 5.41) is 1.65. The molecular formula is C22H23FN2O2. The van der Waals surface area contributed by atoms with Crippen molar-refractivity contribution in [2.75, 3.05) is 13.2 Å². The van der Waals surface area contributed by atoms with E-state index in [0.717, 1.165) is 42.7 Å². The van der Waals surface area contributed by atoms with Gasteiger partial charge in [-0.25, -0.2) is 4.39 Å². The van der Waals surface area contributed by atoms with Crippen molar-refractivity contribution in [3.05, 3.63) is 82.0 Å². The van der Waals surface area contributed by atoms with E-state index < -0.39 is 0 Å². The summed E-state index contributed by atoms with van der Waals surface area (Å²) >= 11 is 0. The quantitative estimate of drug-likeness (QED) is 0.746. The molecule has 0 aliphatic carbocycles. The first-order chi connectivity index (χ1) is 13.2. The molecule has 0 atom stereocenters. The van der Waals surface area contributed by atoms with Crippen LogP contribution in [0.2, 0.25) is 0 Å². The molecule has 0 amide bonds. The van der Waals surface area contributed by atoms with Crippen molar-refractivity contribution in [1.29, 1.82) is 0 Å². The van der Waals surface area contributed by atoms with E-state index >= 15 is 0 Å². The van der Waals surface area contributed by atoms with Gasteiger partial charge in [-0.2, -0.15) is 0 Å². The second-order valence-corrected chi connectivity index (χ2v) is 7.09. The van der Waals surface area contributed by atoms with E-state index in [2.05, 4.69) is 9.88 Å². The minimum absolute atomic E-state index is 0.0585. The van der Waals surface area contributed by atoms with Gasteiger partial charge in [0.05, 0.1) is 0 Å². The molecule has 0 radical (unpaired) electrons. The van der Waals surface area contributed by atoms with Gasteiger partial charge in [-0.1, -0.05) is 30.3 Å². The molecule has 1 fully saturated rings. The number of hydrogen-bond acceptors (Lipinski definition) is 3. The van der Waals surface area contributed by atoms with Crippen LogP contribution in [0.4, 0.5) is 4.39 Å². The van der Waals surface area contributed by atoms with Crippen LogP contribution in [0, 0.1) is 5.82 Å². The number of pyridine rings is 1. The summed E-state index contributed by atoms with van der Waals surface area (Å²) in [6.45, 7) is 2.85. The first-order valence-electron chi connectivity index (χ1n) is 9.36. The van der Waals surface area contributed by atoms with E-state index in [1.807, 2.05) is 42.5 Å². The van der Waals surface area contributed by atoms with Gasteiger partial charge in [-0.05, 0) is 48.1 Å². The maximum Gasteiger partial charge on any atom is 0.256 e. The molecule has 4 nitrogen and oxygen atoms in total. The Labute approximate surface area is 157 Å². The average Bonchev–Trinajstić information content (AvgIpc) is 2.70. The Hall–Kier alpha value is -2.50. The standard InChI is InChI=1S/C22H23FN2O2/c23-18-7-5-16(6-8-18)14-25(20-9-11-27-12-10-20)15-19-13-17-3-1-2-4-21(17)22(26)24-19/h1-8,13,20H,9-12,14-15H2,(H,24,26). The molecule has 1 N–H and O–H groups in total. The van der Waals surface area contributed by atoms with Crippen LogP contribution in [-0.2, 0) is 17.8 Å². The van der Waals surface area contributed by atoms with E-state index in [4.69, 9.17) is 4.74 Å². The Balaban J connectivity index is 1.61. The Morgan fingerprint density at radius 2 is 1.78 bits per heavy atom. The van der Waals surface area contributed by atoms with Crippen molar-refractivity contribution in [3.63, 3.8) is 0 Å². The summed E-state index contributed by atoms with van der Waals surface area (Å²) in [5.74, 6) is -0.227. The maximum absolute atomic E-state index is 13.2. The molecule has 1 saturated heterocycles. The summed E-state index contributed by atoms with van der Waals surface area (Å²) in [6.07, 6.45) is 1.91.